The number of rotatable bonds is 4. The van der Waals surface area contributed by atoms with Crippen molar-refractivity contribution in [1.29, 1.82) is 0 Å². The van der Waals surface area contributed by atoms with Gasteiger partial charge < -0.3 is 5.32 Å². The third-order valence-corrected chi connectivity index (χ3v) is 2.29. The highest BCUT2D eigenvalue weighted by atomic mass is 16.1. The molecular weight excluding hydrogens is 186 g/mol. The normalized spacial score (nSPS) is 10.4. The molecule has 1 aromatic rings. The fraction of sp³-hybridized carbons (Fsp3) is 0.462. The average Bonchev–Trinajstić information content (AvgIpc) is 2.17. The minimum absolute atomic E-state index is 0.0272. The van der Waals surface area contributed by atoms with Crippen molar-refractivity contribution in [2.24, 2.45) is 5.92 Å². The topological polar surface area (TPSA) is 29.1 Å². The number of hydrogen-bond acceptors (Lipinski definition) is 1. The number of carbonyl (C=O) groups is 1. The van der Waals surface area contributed by atoms with E-state index < -0.39 is 0 Å². The molecule has 2 heteroatoms. The van der Waals surface area contributed by atoms with E-state index in [1.165, 1.54) is 0 Å². The predicted molar refractivity (Wildman–Crippen MR) is 63.0 cm³/mol. The van der Waals surface area contributed by atoms with Gasteiger partial charge in [0, 0.05) is 12.1 Å². The van der Waals surface area contributed by atoms with Crippen molar-refractivity contribution in [3.63, 3.8) is 0 Å². The first-order valence-corrected chi connectivity index (χ1v) is 5.44. The summed E-state index contributed by atoms with van der Waals surface area (Å²) in [6, 6.07) is 7.65. The summed E-state index contributed by atoms with van der Waals surface area (Å²) in [5, 5.41) is 2.92. The molecule has 0 aliphatic heterocycles. The van der Waals surface area contributed by atoms with E-state index in [9.17, 15) is 4.79 Å². The third kappa shape index (κ3) is 4.15. The van der Waals surface area contributed by atoms with E-state index in [-0.39, 0.29) is 5.91 Å². The van der Waals surface area contributed by atoms with Crippen LogP contribution in [0.1, 0.15) is 36.2 Å². The molecule has 2 nitrogen and oxygen atoms in total. The summed E-state index contributed by atoms with van der Waals surface area (Å²) >= 11 is 0. The van der Waals surface area contributed by atoms with Crippen molar-refractivity contribution in [2.75, 3.05) is 6.54 Å². The highest BCUT2D eigenvalue weighted by molar-refractivity contribution is 5.94. The van der Waals surface area contributed by atoms with Crippen LogP contribution in [0, 0.1) is 12.8 Å². The molecule has 82 valence electrons. The van der Waals surface area contributed by atoms with E-state index in [1.54, 1.807) is 0 Å². The van der Waals surface area contributed by atoms with Gasteiger partial charge in [0.05, 0.1) is 0 Å². The molecule has 0 aliphatic carbocycles. The monoisotopic (exact) mass is 205 g/mol. The molecule has 1 rings (SSSR count). The van der Waals surface area contributed by atoms with E-state index in [0.29, 0.717) is 5.92 Å². The van der Waals surface area contributed by atoms with Crippen LogP contribution in [0.2, 0.25) is 0 Å². The predicted octanol–water partition coefficient (Wildman–Crippen LogP) is 2.77. The molecule has 15 heavy (non-hydrogen) atoms. The summed E-state index contributed by atoms with van der Waals surface area (Å²) in [7, 11) is 0. The van der Waals surface area contributed by atoms with E-state index >= 15 is 0 Å². The Kier molecular flexibility index (Phi) is 4.35. The van der Waals surface area contributed by atoms with Crippen LogP contribution in [0.4, 0.5) is 0 Å². The molecule has 0 heterocycles. The number of carbonyl (C=O) groups excluding carboxylic acids is 1. The van der Waals surface area contributed by atoms with Gasteiger partial charge in [0.2, 0.25) is 0 Å². The molecule has 0 spiro atoms. The van der Waals surface area contributed by atoms with Gasteiger partial charge in [0.1, 0.15) is 0 Å². The van der Waals surface area contributed by atoms with Gasteiger partial charge in [0.15, 0.2) is 0 Å². The largest absolute Gasteiger partial charge is 0.352 e. The molecule has 0 unspecified atom stereocenters. The molecule has 1 N–H and O–H groups in total. The molecule has 0 atom stereocenters. The van der Waals surface area contributed by atoms with E-state index in [1.807, 2.05) is 31.2 Å². The molecular formula is C13H19NO. The van der Waals surface area contributed by atoms with Crippen LogP contribution in [0.25, 0.3) is 0 Å². The Bertz CT molecular complexity index is 331. The summed E-state index contributed by atoms with van der Waals surface area (Å²) in [6.45, 7) is 7.05. The first-order chi connectivity index (χ1) is 7.09. The lowest BCUT2D eigenvalue weighted by atomic mass is 10.1. The second kappa shape index (κ2) is 5.54. The van der Waals surface area contributed by atoms with Crippen molar-refractivity contribution in [2.45, 2.75) is 27.2 Å². The minimum atomic E-state index is 0.0272. The molecule has 1 aromatic carbocycles. The Morgan fingerprint density at radius 2 is 2.13 bits per heavy atom. The molecule has 0 saturated heterocycles. The Morgan fingerprint density at radius 3 is 2.73 bits per heavy atom. The molecule has 0 radical (unpaired) electrons. The molecule has 0 saturated carbocycles. The van der Waals surface area contributed by atoms with E-state index in [4.69, 9.17) is 0 Å². The lowest BCUT2D eigenvalue weighted by Crippen LogP contribution is -2.25. The molecule has 0 fully saturated rings. The minimum Gasteiger partial charge on any atom is -0.352 e. The summed E-state index contributed by atoms with van der Waals surface area (Å²) < 4.78 is 0. The van der Waals surface area contributed by atoms with Crippen LogP contribution in [-0.2, 0) is 0 Å². The zero-order valence-electron chi connectivity index (χ0n) is 9.71. The van der Waals surface area contributed by atoms with Gasteiger partial charge in [-0.3, -0.25) is 4.79 Å². The van der Waals surface area contributed by atoms with Crippen LogP contribution >= 0.6 is 0 Å². The van der Waals surface area contributed by atoms with Crippen LogP contribution in [-0.4, -0.2) is 12.5 Å². The fourth-order valence-electron chi connectivity index (χ4n) is 1.36. The second-order valence-corrected chi connectivity index (χ2v) is 4.31. The maximum Gasteiger partial charge on any atom is 0.251 e. The Hall–Kier alpha value is -1.31. The smallest absolute Gasteiger partial charge is 0.251 e. The van der Waals surface area contributed by atoms with E-state index in [0.717, 1.165) is 24.1 Å². The first kappa shape index (κ1) is 11.8. The Balaban J connectivity index is 2.47. The number of nitrogens with one attached hydrogen (secondary N) is 1. The zero-order chi connectivity index (χ0) is 11.3. The maximum atomic E-state index is 11.7. The highest BCUT2D eigenvalue weighted by Crippen LogP contribution is 2.04. The molecule has 1 amide bonds. The first-order valence-electron chi connectivity index (χ1n) is 5.44. The Morgan fingerprint density at radius 1 is 1.40 bits per heavy atom. The summed E-state index contributed by atoms with van der Waals surface area (Å²) in [6.07, 6.45) is 1.03. The third-order valence-electron chi connectivity index (χ3n) is 2.29. The number of aryl methyl sites for hydroxylation is 1. The quantitative estimate of drug-likeness (QED) is 0.804. The van der Waals surface area contributed by atoms with Crippen LogP contribution < -0.4 is 5.32 Å². The average molecular weight is 205 g/mol. The lowest BCUT2D eigenvalue weighted by Gasteiger charge is -2.07. The van der Waals surface area contributed by atoms with Gasteiger partial charge in [-0.25, -0.2) is 0 Å². The maximum absolute atomic E-state index is 11.7. The van der Waals surface area contributed by atoms with E-state index in [2.05, 4.69) is 19.2 Å². The van der Waals surface area contributed by atoms with Gasteiger partial charge in [-0.15, -0.1) is 0 Å². The van der Waals surface area contributed by atoms with Gasteiger partial charge in [-0.2, -0.15) is 0 Å². The summed E-state index contributed by atoms with van der Waals surface area (Å²) in [5.74, 6) is 0.655. The zero-order valence-corrected chi connectivity index (χ0v) is 9.71. The number of amides is 1. The van der Waals surface area contributed by atoms with Crippen molar-refractivity contribution < 1.29 is 4.79 Å². The van der Waals surface area contributed by atoms with Crippen molar-refractivity contribution in [3.05, 3.63) is 35.4 Å². The van der Waals surface area contributed by atoms with Gasteiger partial charge in [-0.1, -0.05) is 31.5 Å². The number of benzene rings is 1. The van der Waals surface area contributed by atoms with Crippen molar-refractivity contribution >= 4 is 5.91 Å². The standard InChI is InChI=1S/C13H19NO/c1-10(2)7-8-14-13(15)12-6-4-5-11(3)9-12/h4-6,9-10H,7-8H2,1-3H3,(H,14,15). The molecule has 0 aromatic heterocycles. The van der Waals surface area contributed by atoms with Crippen LogP contribution in [0.3, 0.4) is 0 Å². The van der Waals surface area contributed by atoms with Crippen LogP contribution in [0.15, 0.2) is 24.3 Å². The second-order valence-electron chi connectivity index (χ2n) is 4.31. The fourth-order valence-corrected chi connectivity index (χ4v) is 1.36. The van der Waals surface area contributed by atoms with Gasteiger partial charge >= 0.3 is 0 Å². The molecule has 0 bridgehead atoms. The summed E-state index contributed by atoms with van der Waals surface area (Å²) in [5.41, 5.74) is 1.87. The SMILES string of the molecule is Cc1cccc(C(=O)NCCC(C)C)c1. The van der Waals surface area contributed by atoms with Gasteiger partial charge in [0.25, 0.3) is 5.91 Å². The summed E-state index contributed by atoms with van der Waals surface area (Å²) in [4.78, 5) is 11.7. The van der Waals surface area contributed by atoms with Crippen LogP contribution in [0.5, 0.6) is 0 Å². The van der Waals surface area contributed by atoms with Crippen molar-refractivity contribution in [3.8, 4) is 0 Å². The molecule has 0 aliphatic rings. The number of hydrogen-bond donors (Lipinski definition) is 1. The lowest BCUT2D eigenvalue weighted by molar-refractivity contribution is 0.0952. The Labute approximate surface area is 91.7 Å². The van der Waals surface area contributed by atoms with Crippen molar-refractivity contribution in [1.82, 2.24) is 5.32 Å². The highest BCUT2D eigenvalue weighted by Gasteiger charge is 2.04. The van der Waals surface area contributed by atoms with Gasteiger partial charge in [-0.05, 0) is 31.4 Å².